The van der Waals surface area contributed by atoms with E-state index >= 15 is 0 Å². The van der Waals surface area contributed by atoms with Crippen molar-refractivity contribution in [3.63, 3.8) is 0 Å². The van der Waals surface area contributed by atoms with Gasteiger partial charge in [0.05, 0.1) is 5.75 Å². The maximum Gasteiger partial charge on any atom is 0.207 e. The molecule has 0 saturated carbocycles. The third-order valence-corrected chi connectivity index (χ3v) is 4.58. The second-order valence-corrected chi connectivity index (χ2v) is 6.65. The van der Waals surface area contributed by atoms with Crippen LogP contribution in [0.25, 0.3) is 0 Å². The van der Waals surface area contributed by atoms with Gasteiger partial charge in [-0.1, -0.05) is 37.3 Å². The smallest absolute Gasteiger partial charge is 0.141 e. The van der Waals surface area contributed by atoms with Crippen molar-refractivity contribution in [3.8, 4) is 0 Å². The van der Waals surface area contributed by atoms with Crippen molar-refractivity contribution in [2.24, 2.45) is 0 Å². The molecule has 1 aromatic carbocycles. The highest BCUT2D eigenvalue weighted by Gasteiger charge is 2.03. The van der Waals surface area contributed by atoms with Gasteiger partial charge in [-0.05, 0) is 35.2 Å². The molecule has 0 unspecified atom stereocenters. The summed E-state index contributed by atoms with van der Waals surface area (Å²) in [6.07, 6.45) is 0. The second-order valence-electron chi connectivity index (χ2n) is 3.96. The van der Waals surface area contributed by atoms with Crippen LogP contribution in [-0.4, -0.2) is 10.2 Å². The van der Waals surface area contributed by atoms with Crippen LogP contribution in [0.5, 0.6) is 0 Å². The van der Waals surface area contributed by atoms with Crippen LogP contribution in [0.2, 0.25) is 4.47 Å². The van der Waals surface area contributed by atoms with Gasteiger partial charge >= 0.3 is 0 Å². The number of thioether (sulfide) groups is 1. The SMILES string of the molecule is CC(C)c1ccc(SCc2nnc(Cl)s2)cc1. The van der Waals surface area contributed by atoms with E-state index in [4.69, 9.17) is 11.6 Å². The van der Waals surface area contributed by atoms with E-state index in [1.165, 1.54) is 21.8 Å². The highest BCUT2D eigenvalue weighted by atomic mass is 35.5. The molecule has 2 rings (SSSR count). The Labute approximate surface area is 114 Å². The van der Waals surface area contributed by atoms with Gasteiger partial charge in [0.15, 0.2) is 0 Å². The van der Waals surface area contributed by atoms with Crippen molar-refractivity contribution >= 4 is 34.7 Å². The third kappa shape index (κ3) is 3.69. The molecule has 0 aliphatic rings. The van der Waals surface area contributed by atoms with E-state index < -0.39 is 0 Å². The maximum atomic E-state index is 5.73. The van der Waals surface area contributed by atoms with Crippen LogP contribution < -0.4 is 0 Å². The fourth-order valence-electron chi connectivity index (χ4n) is 1.39. The summed E-state index contributed by atoms with van der Waals surface area (Å²) in [7, 11) is 0. The topological polar surface area (TPSA) is 25.8 Å². The number of halogens is 1. The Balaban J connectivity index is 1.95. The van der Waals surface area contributed by atoms with Crippen LogP contribution in [0.15, 0.2) is 29.2 Å². The van der Waals surface area contributed by atoms with Gasteiger partial charge in [0.2, 0.25) is 4.47 Å². The Kier molecular flexibility index (Phi) is 4.42. The Hall–Kier alpha value is -0.580. The molecule has 0 bridgehead atoms. The minimum Gasteiger partial charge on any atom is -0.141 e. The fourth-order valence-corrected chi connectivity index (χ4v) is 3.14. The molecule has 2 aromatic rings. The number of nitrogens with zero attached hydrogens (tertiary/aromatic N) is 2. The largest absolute Gasteiger partial charge is 0.207 e. The molecule has 1 heterocycles. The first kappa shape index (κ1) is 12.9. The van der Waals surface area contributed by atoms with Gasteiger partial charge in [-0.3, -0.25) is 0 Å². The van der Waals surface area contributed by atoms with Gasteiger partial charge in [-0.25, -0.2) is 0 Å². The molecular weight excluding hydrogens is 272 g/mol. The summed E-state index contributed by atoms with van der Waals surface area (Å²) in [5.74, 6) is 1.40. The lowest BCUT2D eigenvalue weighted by Gasteiger charge is -2.05. The van der Waals surface area contributed by atoms with E-state index in [0.717, 1.165) is 10.8 Å². The lowest BCUT2D eigenvalue weighted by molar-refractivity contribution is 0.865. The Morgan fingerprint density at radius 3 is 2.47 bits per heavy atom. The summed E-state index contributed by atoms with van der Waals surface area (Å²) in [4.78, 5) is 1.25. The van der Waals surface area contributed by atoms with Gasteiger partial charge in [-0.15, -0.1) is 22.0 Å². The molecule has 0 saturated heterocycles. The van der Waals surface area contributed by atoms with Crippen LogP contribution in [0.4, 0.5) is 0 Å². The zero-order valence-corrected chi connectivity index (χ0v) is 12.1. The molecule has 0 atom stereocenters. The van der Waals surface area contributed by atoms with E-state index in [9.17, 15) is 0 Å². The number of rotatable bonds is 4. The lowest BCUT2D eigenvalue weighted by atomic mass is 10.0. The van der Waals surface area contributed by atoms with Crippen molar-refractivity contribution in [2.75, 3.05) is 0 Å². The molecule has 0 radical (unpaired) electrons. The summed E-state index contributed by atoms with van der Waals surface area (Å²) < 4.78 is 0.510. The third-order valence-electron chi connectivity index (χ3n) is 2.35. The molecule has 0 amide bonds. The Morgan fingerprint density at radius 2 is 1.94 bits per heavy atom. The molecule has 0 spiro atoms. The molecular formula is C12H13ClN2S2. The monoisotopic (exact) mass is 284 g/mol. The average Bonchev–Trinajstić information content (AvgIpc) is 2.73. The first-order valence-electron chi connectivity index (χ1n) is 5.36. The van der Waals surface area contributed by atoms with Crippen molar-refractivity contribution < 1.29 is 0 Å². The Morgan fingerprint density at radius 1 is 1.24 bits per heavy atom. The first-order valence-corrected chi connectivity index (χ1v) is 7.54. The number of benzene rings is 1. The quantitative estimate of drug-likeness (QED) is 0.767. The van der Waals surface area contributed by atoms with E-state index in [2.05, 4.69) is 48.3 Å². The van der Waals surface area contributed by atoms with Crippen molar-refractivity contribution in [1.29, 1.82) is 0 Å². The number of hydrogen-bond acceptors (Lipinski definition) is 4. The summed E-state index contributed by atoms with van der Waals surface area (Å²) in [5.41, 5.74) is 1.37. The van der Waals surface area contributed by atoms with Crippen LogP contribution in [-0.2, 0) is 5.75 Å². The fraction of sp³-hybridized carbons (Fsp3) is 0.333. The number of hydrogen-bond donors (Lipinski definition) is 0. The molecule has 2 nitrogen and oxygen atoms in total. The minimum atomic E-state index is 0.510. The van der Waals surface area contributed by atoms with Crippen LogP contribution in [0.1, 0.15) is 30.3 Å². The van der Waals surface area contributed by atoms with Crippen LogP contribution in [0.3, 0.4) is 0 Å². The predicted octanol–water partition coefficient (Wildman–Crippen LogP) is 4.61. The first-order chi connectivity index (χ1) is 8.15. The van der Waals surface area contributed by atoms with E-state index in [0.29, 0.717) is 10.4 Å². The molecule has 5 heteroatoms. The van der Waals surface area contributed by atoms with Crippen LogP contribution >= 0.6 is 34.7 Å². The predicted molar refractivity (Wildman–Crippen MR) is 75.0 cm³/mol. The summed E-state index contributed by atoms with van der Waals surface area (Å²) in [6.45, 7) is 4.40. The Bertz CT molecular complexity index is 480. The maximum absolute atomic E-state index is 5.73. The average molecular weight is 285 g/mol. The van der Waals surface area contributed by atoms with E-state index in [1.54, 1.807) is 11.8 Å². The molecule has 90 valence electrons. The summed E-state index contributed by atoms with van der Waals surface area (Å²) in [6, 6.07) is 8.67. The highest BCUT2D eigenvalue weighted by Crippen LogP contribution is 2.27. The minimum absolute atomic E-state index is 0.510. The van der Waals surface area contributed by atoms with Gasteiger partial charge < -0.3 is 0 Å². The number of aromatic nitrogens is 2. The molecule has 0 fully saturated rings. The standard InChI is InChI=1S/C12H13ClN2S2/c1-8(2)9-3-5-10(6-4-9)16-7-11-14-15-12(13)17-11/h3-6,8H,7H2,1-2H3. The van der Waals surface area contributed by atoms with Crippen LogP contribution in [0, 0.1) is 0 Å². The molecule has 1 aromatic heterocycles. The van der Waals surface area contributed by atoms with Gasteiger partial charge in [0.1, 0.15) is 5.01 Å². The highest BCUT2D eigenvalue weighted by molar-refractivity contribution is 7.98. The summed E-state index contributed by atoms with van der Waals surface area (Å²) >= 11 is 8.93. The zero-order chi connectivity index (χ0) is 12.3. The van der Waals surface area contributed by atoms with Crippen molar-refractivity contribution in [1.82, 2.24) is 10.2 Å². The van der Waals surface area contributed by atoms with Crippen molar-refractivity contribution in [2.45, 2.75) is 30.4 Å². The normalized spacial score (nSPS) is 11.1. The molecule has 0 N–H and O–H groups in total. The molecule has 0 aliphatic carbocycles. The van der Waals surface area contributed by atoms with Gasteiger partial charge in [0, 0.05) is 4.90 Å². The van der Waals surface area contributed by atoms with E-state index in [1.807, 2.05) is 0 Å². The van der Waals surface area contributed by atoms with E-state index in [-0.39, 0.29) is 0 Å². The van der Waals surface area contributed by atoms with Gasteiger partial charge in [-0.2, -0.15) is 0 Å². The zero-order valence-electron chi connectivity index (χ0n) is 9.68. The lowest BCUT2D eigenvalue weighted by Crippen LogP contribution is -1.86. The molecule has 17 heavy (non-hydrogen) atoms. The summed E-state index contributed by atoms with van der Waals surface area (Å²) in [5, 5.41) is 8.74. The molecule has 0 aliphatic heterocycles. The second kappa shape index (κ2) is 5.85. The van der Waals surface area contributed by atoms with Gasteiger partial charge in [0.25, 0.3) is 0 Å². The van der Waals surface area contributed by atoms with Crippen molar-refractivity contribution in [3.05, 3.63) is 39.3 Å².